The van der Waals surface area contributed by atoms with Gasteiger partial charge in [0.2, 0.25) is 0 Å². The summed E-state index contributed by atoms with van der Waals surface area (Å²) in [5, 5.41) is 8.22. The number of hydrogen-bond donors (Lipinski definition) is 0. The van der Waals surface area contributed by atoms with Crippen molar-refractivity contribution in [3.8, 4) is 0 Å². The molecule has 0 saturated heterocycles. The van der Waals surface area contributed by atoms with E-state index in [4.69, 9.17) is 30.3 Å². The SMILES string of the molecule is C(=P(c1ccccc1)(c1ccccc1)c1ccccc1)[P+](c1ccccc1)(c1ccccc1)c1ccccc1.[Cl][Fe]([Cl])([Cl])[Br]. The number of rotatable bonds is 7. The van der Waals surface area contributed by atoms with E-state index in [1.807, 2.05) is 0 Å². The Kier molecular flexibility index (Phi) is 11.7. The normalized spacial score (nSPS) is 12.0. The van der Waals surface area contributed by atoms with Crippen LogP contribution < -0.4 is 31.8 Å². The van der Waals surface area contributed by atoms with Crippen LogP contribution in [0.2, 0.25) is 0 Å². The van der Waals surface area contributed by atoms with Gasteiger partial charge in [-0.2, -0.15) is 0 Å². The Hall–Kier alpha value is -2.08. The molecule has 224 valence electrons. The van der Waals surface area contributed by atoms with Crippen molar-refractivity contribution in [2.24, 2.45) is 0 Å². The van der Waals surface area contributed by atoms with E-state index >= 15 is 0 Å². The molecule has 0 aromatic heterocycles. The van der Waals surface area contributed by atoms with Gasteiger partial charge in [-0.1, -0.05) is 146 Å². The minimum atomic E-state index is -2.27. The summed E-state index contributed by atoms with van der Waals surface area (Å²) in [6.07, 6.45) is 0. The van der Waals surface area contributed by atoms with E-state index in [0.717, 1.165) is 0 Å². The Morgan fingerprint density at radius 1 is 0.409 bits per heavy atom. The van der Waals surface area contributed by atoms with Crippen LogP contribution in [0.4, 0.5) is 0 Å². The van der Waals surface area contributed by atoms with Crippen LogP contribution in [0.25, 0.3) is 0 Å². The second-order valence-corrected chi connectivity index (χ2v) is 31.8. The van der Waals surface area contributed by atoms with Crippen LogP contribution in [0.15, 0.2) is 182 Å². The number of benzene rings is 6. The summed E-state index contributed by atoms with van der Waals surface area (Å²) in [4.78, 5) is 0. The van der Waals surface area contributed by atoms with Crippen molar-refractivity contribution in [2.45, 2.75) is 0 Å². The van der Waals surface area contributed by atoms with Crippen molar-refractivity contribution in [3.63, 3.8) is 0 Å². The third kappa shape index (κ3) is 7.82. The molecule has 7 heteroatoms. The van der Waals surface area contributed by atoms with E-state index in [1.54, 1.807) is 0 Å². The van der Waals surface area contributed by atoms with Gasteiger partial charge in [0.15, 0.2) is 0 Å². The van der Waals surface area contributed by atoms with Crippen LogP contribution in [-0.4, -0.2) is 5.54 Å². The number of halogens is 4. The van der Waals surface area contributed by atoms with Crippen molar-refractivity contribution < 1.29 is 8.30 Å². The first-order valence-electron chi connectivity index (χ1n) is 13.9. The number of hydrogen-bond acceptors (Lipinski definition) is 0. The summed E-state index contributed by atoms with van der Waals surface area (Å²) in [6, 6.07) is 67.1. The van der Waals surface area contributed by atoms with Crippen molar-refractivity contribution in [2.75, 3.05) is 0 Å². The topological polar surface area (TPSA) is 0 Å². The van der Waals surface area contributed by atoms with Crippen molar-refractivity contribution >= 4 is 95.9 Å². The Morgan fingerprint density at radius 2 is 0.614 bits per heavy atom. The predicted octanol–water partition coefficient (Wildman–Crippen LogP) is 9.65. The van der Waals surface area contributed by atoms with E-state index in [9.17, 15) is 0 Å². The summed E-state index contributed by atoms with van der Waals surface area (Å²) < 4.78 is 0. The maximum absolute atomic E-state index is 5.10. The summed E-state index contributed by atoms with van der Waals surface area (Å²) in [5.74, 6) is 0. The monoisotopic (exact) mass is 777 g/mol. The zero-order chi connectivity index (χ0) is 30.9. The molecule has 0 nitrogen and oxygen atoms in total. The molecular weight excluding hydrogens is 748 g/mol. The van der Waals surface area contributed by atoms with Gasteiger partial charge in [-0.15, -0.1) is 0 Å². The molecule has 0 aliphatic heterocycles. The zero-order valence-electron chi connectivity index (χ0n) is 23.7. The van der Waals surface area contributed by atoms with Crippen LogP contribution in [0.3, 0.4) is 0 Å². The molecule has 0 radical (unpaired) electrons. The standard InChI is InChI=1S/C37H31P2.BrH.3ClH.Fe/c1-7-19-32(20-8-1)38(33-21-9-2-10-22-33,34-23-11-3-12-24-34)31-39(35-25-13-4-14-26-35,36-27-15-5-16-28-36)37-29-17-6-18-30-37;;;;;/h1-31H;4*1H;/q+1;;;;;+4/p-4. The van der Waals surface area contributed by atoms with Gasteiger partial charge in [-0.05, 0) is 52.3 Å². The molecule has 0 bridgehead atoms. The molecule has 6 aromatic rings. The molecule has 0 aliphatic rings. The third-order valence-electron chi connectivity index (χ3n) is 7.33. The molecule has 0 heterocycles. The van der Waals surface area contributed by atoms with E-state index in [-0.39, 0.29) is 0 Å². The Bertz CT molecular complexity index is 1580. The van der Waals surface area contributed by atoms with Crippen LogP contribution >= 0.6 is 58.6 Å². The fraction of sp³-hybridized carbons (Fsp3) is 0. The fourth-order valence-electron chi connectivity index (χ4n) is 5.53. The molecule has 44 heavy (non-hydrogen) atoms. The molecule has 0 saturated carbocycles. The summed E-state index contributed by atoms with van der Waals surface area (Å²) in [7, 11) is 10.8. The van der Waals surface area contributed by atoms with Crippen LogP contribution in [-0.2, 0) is 8.30 Å². The average molecular weight is 780 g/mol. The van der Waals surface area contributed by atoms with Gasteiger partial charge < -0.3 is 0 Å². The Labute approximate surface area is 284 Å². The van der Waals surface area contributed by atoms with Crippen molar-refractivity contribution in [1.82, 2.24) is 0 Å². The van der Waals surface area contributed by atoms with Gasteiger partial charge >= 0.3 is 52.7 Å². The van der Waals surface area contributed by atoms with Gasteiger partial charge in [0.25, 0.3) is 0 Å². The molecule has 0 atom stereocenters. The maximum atomic E-state index is 5.10. The van der Waals surface area contributed by atoms with Crippen molar-refractivity contribution in [3.05, 3.63) is 182 Å². The predicted molar refractivity (Wildman–Crippen MR) is 203 cm³/mol. The zero-order valence-corrected chi connectivity index (χ0v) is 30.4. The van der Waals surface area contributed by atoms with E-state index < -0.39 is 22.5 Å². The molecule has 0 unspecified atom stereocenters. The summed E-state index contributed by atoms with van der Waals surface area (Å²) in [6.45, 7) is -2.25. The summed E-state index contributed by atoms with van der Waals surface area (Å²) >= 11 is 2.80. The van der Waals surface area contributed by atoms with Gasteiger partial charge in [-0.3, -0.25) is 0 Å². The summed E-state index contributed by atoms with van der Waals surface area (Å²) in [5.41, 5.74) is 2.82. The molecular formula is C37H31BrCl3FeP2+. The second kappa shape index (κ2) is 15.5. The van der Waals surface area contributed by atoms with Crippen LogP contribution in [0, 0.1) is 0 Å². The molecule has 6 rings (SSSR count). The average Bonchev–Trinajstić information content (AvgIpc) is 3.07. The Balaban J connectivity index is 0.000000712. The fourth-order valence-corrected chi connectivity index (χ4v) is 16.5. The minimum absolute atomic E-state index is 1.37. The Morgan fingerprint density at radius 3 is 0.841 bits per heavy atom. The van der Waals surface area contributed by atoms with Gasteiger partial charge in [0, 0.05) is 6.89 Å². The molecule has 6 aromatic carbocycles. The van der Waals surface area contributed by atoms with Gasteiger partial charge in [0.05, 0.1) is 5.54 Å². The van der Waals surface area contributed by atoms with Gasteiger partial charge in [0.1, 0.15) is 23.2 Å². The first kappa shape index (κ1) is 33.3. The van der Waals surface area contributed by atoms with Gasteiger partial charge in [-0.25, -0.2) is 0 Å². The molecule has 0 spiro atoms. The van der Waals surface area contributed by atoms with E-state index in [0.29, 0.717) is 0 Å². The molecule has 0 amide bonds. The van der Waals surface area contributed by atoms with Crippen LogP contribution in [0.1, 0.15) is 0 Å². The third-order valence-corrected chi connectivity index (χ3v) is 16.8. The first-order valence-corrected chi connectivity index (χ1v) is 24.9. The first-order chi connectivity index (χ1) is 21.3. The molecule has 0 N–H and O–H groups in total. The van der Waals surface area contributed by atoms with E-state index in [1.165, 1.54) is 31.8 Å². The van der Waals surface area contributed by atoms with Crippen LogP contribution in [0.5, 0.6) is 0 Å². The second-order valence-electron chi connectivity index (χ2n) is 9.88. The van der Waals surface area contributed by atoms with Crippen molar-refractivity contribution in [1.29, 1.82) is 0 Å². The molecule has 0 aliphatic carbocycles. The quantitative estimate of drug-likeness (QED) is 0.112. The van der Waals surface area contributed by atoms with E-state index in [2.05, 4.69) is 202 Å². The molecule has 0 fully saturated rings.